The third-order valence-corrected chi connectivity index (χ3v) is 4.97. The van der Waals surface area contributed by atoms with E-state index in [0.717, 1.165) is 24.9 Å². The standard InChI is InChI=1S/C16H19NOS/c1-2-15(18)13-7-8-17(10-13)11-14-9-12-5-3-4-6-16(12)19-14/h3-8,10,14-15,18H,2,9,11H2,1H3. The summed E-state index contributed by atoms with van der Waals surface area (Å²) >= 11 is 1.97. The number of thioether (sulfide) groups is 1. The van der Waals surface area contributed by atoms with Crippen molar-refractivity contribution in [3.63, 3.8) is 0 Å². The van der Waals surface area contributed by atoms with E-state index in [1.54, 1.807) is 0 Å². The van der Waals surface area contributed by atoms with Crippen molar-refractivity contribution in [1.29, 1.82) is 0 Å². The number of hydrogen-bond donors (Lipinski definition) is 1. The fraction of sp³-hybridized carbons (Fsp3) is 0.375. The lowest BCUT2D eigenvalue weighted by atomic mass is 10.1. The summed E-state index contributed by atoms with van der Waals surface area (Å²) in [5.41, 5.74) is 2.50. The van der Waals surface area contributed by atoms with Gasteiger partial charge >= 0.3 is 0 Å². The van der Waals surface area contributed by atoms with Gasteiger partial charge in [0, 0.05) is 29.1 Å². The summed E-state index contributed by atoms with van der Waals surface area (Å²) in [6, 6.07) is 10.7. The Labute approximate surface area is 118 Å². The molecule has 2 heterocycles. The number of rotatable bonds is 4. The summed E-state index contributed by atoms with van der Waals surface area (Å²) < 4.78 is 2.21. The summed E-state index contributed by atoms with van der Waals surface area (Å²) in [6.07, 6.45) is 5.75. The molecule has 0 fully saturated rings. The van der Waals surface area contributed by atoms with Crippen molar-refractivity contribution in [2.24, 2.45) is 0 Å². The van der Waals surface area contributed by atoms with Crippen molar-refractivity contribution in [3.8, 4) is 0 Å². The summed E-state index contributed by atoms with van der Waals surface area (Å²) in [6.45, 7) is 3.02. The number of aromatic nitrogens is 1. The van der Waals surface area contributed by atoms with Crippen LogP contribution in [0.15, 0.2) is 47.6 Å². The van der Waals surface area contributed by atoms with Gasteiger partial charge in [-0.05, 0) is 36.1 Å². The molecule has 0 saturated carbocycles. The molecule has 3 heteroatoms. The molecule has 19 heavy (non-hydrogen) atoms. The van der Waals surface area contributed by atoms with Crippen molar-refractivity contribution in [3.05, 3.63) is 53.9 Å². The van der Waals surface area contributed by atoms with Crippen LogP contribution >= 0.6 is 11.8 Å². The Morgan fingerprint density at radius 2 is 2.21 bits per heavy atom. The second-order valence-electron chi connectivity index (χ2n) is 5.12. The minimum absolute atomic E-state index is 0.324. The third-order valence-electron chi connectivity index (χ3n) is 3.67. The molecule has 0 saturated heterocycles. The van der Waals surface area contributed by atoms with Crippen LogP contribution in [0.4, 0.5) is 0 Å². The number of aliphatic hydroxyl groups excluding tert-OH is 1. The van der Waals surface area contributed by atoms with Gasteiger partial charge in [0.2, 0.25) is 0 Å². The van der Waals surface area contributed by atoms with Gasteiger partial charge in [0.25, 0.3) is 0 Å². The Bertz CT molecular complexity index is 538. The van der Waals surface area contributed by atoms with Gasteiger partial charge in [0.1, 0.15) is 0 Å². The van der Waals surface area contributed by atoms with Gasteiger partial charge in [0.05, 0.1) is 6.10 Å². The van der Waals surface area contributed by atoms with Crippen molar-refractivity contribution >= 4 is 11.8 Å². The predicted molar refractivity (Wildman–Crippen MR) is 79.5 cm³/mol. The molecule has 1 aliphatic heterocycles. The quantitative estimate of drug-likeness (QED) is 0.920. The van der Waals surface area contributed by atoms with Gasteiger partial charge in [0.15, 0.2) is 0 Å². The van der Waals surface area contributed by atoms with E-state index >= 15 is 0 Å². The van der Waals surface area contributed by atoms with Crippen molar-refractivity contribution in [1.82, 2.24) is 4.57 Å². The maximum atomic E-state index is 9.83. The van der Waals surface area contributed by atoms with Crippen LogP contribution in [0.3, 0.4) is 0 Å². The molecule has 100 valence electrons. The Hall–Kier alpha value is -1.19. The molecule has 0 bridgehead atoms. The first-order chi connectivity index (χ1) is 9.26. The fourth-order valence-corrected chi connectivity index (χ4v) is 3.93. The van der Waals surface area contributed by atoms with E-state index in [1.165, 1.54) is 10.5 Å². The van der Waals surface area contributed by atoms with Gasteiger partial charge < -0.3 is 9.67 Å². The molecular formula is C16H19NOS. The minimum atomic E-state index is -0.324. The van der Waals surface area contributed by atoms with Crippen LogP contribution in [-0.2, 0) is 13.0 Å². The molecule has 2 nitrogen and oxygen atoms in total. The monoisotopic (exact) mass is 273 g/mol. The number of benzene rings is 1. The predicted octanol–water partition coefficient (Wildman–Crippen LogP) is 3.65. The molecule has 0 amide bonds. The Morgan fingerprint density at radius 3 is 3.00 bits per heavy atom. The van der Waals surface area contributed by atoms with Crippen LogP contribution in [0, 0.1) is 0 Å². The molecule has 0 aliphatic carbocycles. The molecule has 2 aromatic rings. The topological polar surface area (TPSA) is 25.2 Å². The fourth-order valence-electron chi connectivity index (χ4n) is 2.60. The second-order valence-corrected chi connectivity index (χ2v) is 6.46. The average molecular weight is 273 g/mol. The normalized spacial score (nSPS) is 19.4. The van der Waals surface area contributed by atoms with Crippen molar-refractivity contribution < 1.29 is 5.11 Å². The molecule has 0 radical (unpaired) electrons. The first kappa shape index (κ1) is 12.8. The molecule has 3 rings (SSSR count). The van der Waals surface area contributed by atoms with E-state index in [2.05, 4.69) is 41.2 Å². The Kier molecular flexibility index (Phi) is 3.67. The highest BCUT2D eigenvalue weighted by molar-refractivity contribution is 8.00. The molecule has 1 aromatic carbocycles. The second kappa shape index (κ2) is 5.43. The first-order valence-corrected chi connectivity index (χ1v) is 7.72. The molecule has 1 aromatic heterocycles. The zero-order valence-electron chi connectivity index (χ0n) is 11.1. The van der Waals surface area contributed by atoms with E-state index in [1.807, 2.05) is 24.8 Å². The number of hydrogen-bond acceptors (Lipinski definition) is 2. The SMILES string of the molecule is CCC(O)c1ccn(CC2Cc3ccccc3S2)c1. The van der Waals surface area contributed by atoms with Crippen LogP contribution in [0.5, 0.6) is 0 Å². The van der Waals surface area contributed by atoms with E-state index in [9.17, 15) is 5.11 Å². The zero-order valence-corrected chi connectivity index (χ0v) is 11.9. The largest absolute Gasteiger partial charge is 0.388 e. The van der Waals surface area contributed by atoms with Crippen LogP contribution in [-0.4, -0.2) is 14.9 Å². The minimum Gasteiger partial charge on any atom is -0.388 e. The number of aliphatic hydroxyl groups is 1. The van der Waals surface area contributed by atoms with Crippen LogP contribution in [0.1, 0.15) is 30.6 Å². The highest BCUT2D eigenvalue weighted by Gasteiger charge is 2.22. The first-order valence-electron chi connectivity index (χ1n) is 6.84. The summed E-state index contributed by atoms with van der Waals surface area (Å²) in [5, 5.41) is 10.4. The molecule has 0 spiro atoms. The average Bonchev–Trinajstić information content (AvgIpc) is 3.04. The lowest BCUT2D eigenvalue weighted by Gasteiger charge is -2.10. The summed E-state index contributed by atoms with van der Waals surface area (Å²) in [7, 11) is 0. The lowest BCUT2D eigenvalue weighted by Crippen LogP contribution is -2.10. The lowest BCUT2D eigenvalue weighted by molar-refractivity contribution is 0.173. The number of nitrogens with zero attached hydrogens (tertiary/aromatic N) is 1. The third kappa shape index (κ3) is 2.72. The molecule has 1 aliphatic rings. The maximum absolute atomic E-state index is 9.83. The van der Waals surface area contributed by atoms with E-state index in [4.69, 9.17) is 0 Å². The highest BCUT2D eigenvalue weighted by atomic mass is 32.2. The van der Waals surface area contributed by atoms with E-state index < -0.39 is 0 Å². The molecule has 2 atom stereocenters. The van der Waals surface area contributed by atoms with Crippen LogP contribution < -0.4 is 0 Å². The highest BCUT2D eigenvalue weighted by Crippen LogP contribution is 2.37. The van der Waals surface area contributed by atoms with Gasteiger partial charge in [-0.15, -0.1) is 11.8 Å². The molecular weight excluding hydrogens is 254 g/mol. The Balaban J connectivity index is 1.66. The van der Waals surface area contributed by atoms with Gasteiger partial charge in [-0.25, -0.2) is 0 Å². The molecule has 1 N–H and O–H groups in total. The van der Waals surface area contributed by atoms with Gasteiger partial charge in [-0.2, -0.15) is 0 Å². The van der Waals surface area contributed by atoms with Crippen molar-refractivity contribution in [2.75, 3.05) is 0 Å². The van der Waals surface area contributed by atoms with Crippen LogP contribution in [0.2, 0.25) is 0 Å². The Morgan fingerprint density at radius 1 is 1.37 bits per heavy atom. The summed E-state index contributed by atoms with van der Waals surface area (Å²) in [4.78, 5) is 1.42. The number of fused-ring (bicyclic) bond motifs is 1. The smallest absolute Gasteiger partial charge is 0.0802 e. The van der Waals surface area contributed by atoms with Gasteiger partial charge in [-0.1, -0.05) is 25.1 Å². The van der Waals surface area contributed by atoms with E-state index in [-0.39, 0.29) is 6.10 Å². The van der Waals surface area contributed by atoms with Crippen LogP contribution in [0.25, 0.3) is 0 Å². The maximum Gasteiger partial charge on any atom is 0.0802 e. The van der Waals surface area contributed by atoms with Gasteiger partial charge in [-0.3, -0.25) is 0 Å². The van der Waals surface area contributed by atoms with Crippen molar-refractivity contribution in [2.45, 2.75) is 42.6 Å². The zero-order chi connectivity index (χ0) is 13.2. The molecule has 2 unspecified atom stereocenters. The van der Waals surface area contributed by atoms with E-state index in [0.29, 0.717) is 5.25 Å². The summed E-state index contributed by atoms with van der Waals surface area (Å²) in [5.74, 6) is 0.